The Hall–Kier alpha value is -1.55. The highest BCUT2D eigenvalue weighted by molar-refractivity contribution is 5.76. The Labute approximate surface area is 127 Å². The van der Waals surface area contributed by atoms with E-state index < -0.39 is 0 Å². The fourth-order valence-electron chi connectivity index (χ4n) is 2.86. The summed E-state index contributed by atoms with van der Waals surface area (Å²) in [5, 5.41) is 3.08. The molecule has 4 nitrogen and oxygen atoms in total. The molecule has 0 radical (unpaired) electrons. The van der Waals surface area contributed by atoms with Gasteiger partial charge in [-0.05, 0) is 62.5 Å². The predicted molar refractivity (Wildman–Crippen MR) is 87.0 cm³/mol. The van der Waals surface area contributed by atoms with E-state index in [-0.39, 0.29) is 5.91 Å². The smallest absolute Gasteiger partial charge is 0.220 e. The van der Waals surface area contributed by atoms with Gasteiger partial charge in [0.1, 0.15) is 0 Å². The number of hydrogen-bond acceptors (Lipinski definition) is 3. The molecule has 0 unspecified atom stereocenters. The van der Waals surface area contributed by atoms with Crippen LogP contribution in [0.2, 0.25) is 0 Å². The molecule has 0 aromatic heterocycles. The Balaban J connectivity index is 1.64. The minimum Gasteiger partial charge on any atom is -0.399 e. The number of nitrogen functional groups attached to an aromatic ring is 1. The van der Waals surface area contributed by atoms with E-state index in [0.29, 0.717) is 12.3 Å². The fourth-order valence-corrected chi connectivity index (χ4v) is 2.86. The molecule has 21 heavy (non-hydrogen) atoms. The molecule has 0 atom stereocenters. The molecule has 1 aromatic carbocycles. The van der Waals surface area contributed by atoms with Gasteiger partial charge in [0, 0.05) is 18.7 Å². The quantitative estimate of drug-likeness (QED) is 0.788. The van der Waals surface area contributed by atoms with Crippen LogP contribution >= 0.6 is 0 Å². The summed E-state index contributed by atoms with van der Waals surface area (Å²) in [6.45, 7) is 6.51. The van der Waals surface area contributed by atoms with Gasteiger partial charge in [-0.1, -0.05) is 19.1 Å². The van der Waals surface area contributed by atoms with E-state index in [4.69, 9.17) is 5.73 Å². The molecule has 1 aromatic rings. The number of likely N-dealkylation sites (tertiary alicyclic amines) is 1. The number of benzene rings is 1. The molecular formula is C17H27N3O. The maximum Gasteiger partial charge on any atom is 0.220 e. The number of nitrogens with one attached hydrogen (secondary N) is 1. The molecular weight excluding hydrogens is 262 g/mol. The second kappa shape index (κ2) is 8.03. The molecule has 1 fully saturated rings. The van der Waals surface area contributed by atoms with Gasteiger partial charge >= 0.3 is 0 Å². The van der Waals surface area contributed by atoms with E-state index in [9.17, 15) is 4.79 Å². The molecule has 116 valence electrons. The van der Waals surface area contributed by atoms with Crippen LogP contribution in [-0.4, -0.2) is 37.0 Å². The lowest BCUT2D eigenvalue weighted by Gasteiger charge is -2.31. The number of carbonyl (C=O) groups excluding carboxylic acids is 1. The molecule has 3 N–H and O–H groups in total. The van der Waals surface area contributed by atoms with Gasteiger partial charge in [-0.15, -0.1) is 0 Å². The van der Waals surface area contributed by atoms with Gasteiger partial charge in [0.2, 0.25) is 5.91 Å². The minimum absolute atomic E-state index is 0.148. The first-order valence-corrected chi connectivity index (χ1v) is 8.01. The van der Waals surface area contributed by atoms with Crippen LogP contribution < -0.4 is 11.1 Å². The van der Waals surface area contributed by atoms with Crippen LogP contribution in [-0.2, 0) is 11.2 Å². The number of piperidine rings is 1. The number of aryl methyl sites for hydroxylation is 1. The molecule has 0 spiro atoms. The monoisotopic (exact) mass is 289 g/mol. The van der Waals surface area contributed by atoms with E-state index in [2.05, 4.69) is 17.1 Å². The van der Waals surface area contributed by atoms with E-state index in [1.807, 2.05) is 24.3 Å². The van der Waals surface area contributed by atoms with Crippen LogP contribution in [0.25, 0.3) is 0 Å². The number of rotatable bonds is 6. The zero-order chi connectivity index (χ0) is 15.1. The summed E-state index contributed by atoms with van der Waals surface area (Å²) >= 11 is 0. The lowest BCUT2D eigenvalue weighted by Crippen LogP contribution is -2.38. The van der Waals surface area contributed by atoms with Gasteiger partial charge in [-0.3, -0.25) is 4.79 Å². The van der Waals surface area contributed by atoms with Gasteiger partial charge in [-0.2, -0.15) is 0 Å². The lowest BCUT2D eigenvalue weighted by atomic mass is 9.97. The fraction of sp³-hybridized carbons (Fsp3) is 0.588. The van der Waals surface area contributed by atoms with Gasteiger partial charge in [0.05, 0.1) is 0 Å². The average molecular weight is 289 g/mol. The Morgan fingerprint density at radius 3 is 2.81 bits per heavy atom. The van der Waals surface area contributed by atoms with E-state index >= 15 is 0 Å². The van der Waals surface area contributed by atoms with Crippen molar-refractivity contribution in [2.75, 3.05) is 31.9 Å². The zero-order valence-corrected chi connectivity index (χ0v) is 13.0. The highest BCUT2D eigenvalue weighted by Crippen LogP contribution is 2.16. The van der Waals surface area contributed by atoms with Crippen LogP contribution in [0.4, 0.5) is 5.69 Å². The van der Waals surface area contributed by atoms with E-state index in [1.54, 1.807) is 0 Å². The molecule has 0 bridgehead atoms. The largest absolute Gasteiger partial charge is 0.399 e. The minimum atomic E-state index is 0.148. The maximum atomic E-state index is 11.9. The third-order valence-corrected chi connectivity index (χ3v) is 4.33. The number of hydrogen-bond donors (Lipinski definition) is 2. The van der Waals surface area contributed by atoms with Gasteiger partial charge in [-0.25, -0.2) is 0 Å². The first-order valence-electron chi connectivity index (χ1n) is 8.01. The third-order valence-electron chi connectivity index (χ3n) is 4.33. The number of amides is 1. The standard InChI is InChI=1S/C17H27N3O/c1-2-20-10-8-15(9-11-20)13-19-17(21)7-6-14-4-3-5-16(18)12-14/h3-5,12,15H,2,6-11,13,18H2,1H3,(H,19,21). The van der Waals surface area contributed by atoms with Crippen molar-refractivity contribution < 1.29 is 4.79 Å². The first kappa shape index (κ1) is 15.8. The van der Waals surface area contributed by atoms with Crippen LogP contribution in [0, 0.1) is 5.92 Å². The molecule has 2 rings (SSSR count). The van der Waals surface area contributed by atoms with Crippen LogP contribution in [0.5, 0.6) is 0 Å². The van der Waals surface area contributed by atoms with Crippen molar-refractivity contribution in [3.63, 3.8) is 0 Å². The number of carbonyl (C=O) groups is 1. The zero-order valence-electron chi connectivity index (χ0n) is 13.0. The Morgan fingerprint density at radius 2 is 2.14 bits per heavy atom. The Kier molecular flexibility index (Phi) is 6.05. The maximum absolute atomic E-state index is 11.9. The van der Waals surface area contributed by atoms with Gasteiger partial charge < -0.3 is 16.0 Å². The third kappa shape index (κ3) is 5.38. The molecule has 1 heterocycles. The predicted octanol–water partition coefficient (Wildman–Crippen LogP) is 2.05. The molecule has 0 saturated carbocycles. The van der Waals surface area contributed by atoms with E-state index in [0.717, 1.165) is 30.8 Å². The van der Waals surface area contributed by atoms with Crippen LogP contribution in [0.3, 0.4) is 0 Å². The number of nitrogens with zero attached hydrogens (tertiary/aromatic N) is 1. The Morgan fingerprint density at radius 1 is 1.38 bits per heavy atom. The van der Waals surface area contributed by atoms with Crippen molar-refractivity contribution in [1.29, 1.82) is 0 Å². The van der Waals surface area contributed by atoms with E-state index in [1.165, 1.54) is 25.9 Å². The van der Waals surface area contributed by atoms with Crippen molar-refractivity contribution >= 4 is 11.6 Å². The van der Waals surface area contributed by atoms with Crippen LogP contribution in [0.15, 0.2) is 24.3 Å². The Bertz CT molecular complexity index is 453. The summed E-state index contributed by atoms with van der Waals surface area (Å²) in [6.07, 6.45) is 3.69. The van der Waals surface area contributed by atoms with Crippen molar-refractivity contribution in [3.05, 3.63) is 29.8 Å². The number of nitrogens with two attached hydrogens (primary N) is 1. The summed E-state index contributed by atoms with van der Waals surface area (Å²) in [6, 6.07) is 7.76. The summed E-state index contributed by atoms with van der Waals surface area (Å²) in [7, 11) is 0. The highest BCUT2D eigenvalue weighted by Gasteiger charge is 2.18. The summed E-state index contributed by atoms with van der Waals surface area (Å²) < 4.78 is 0. The highest BCUT2D eigenvalue weighted by atomic mass is 16.1. The van der Waals surface area contributed by atoms with Gasteiger partial charge in [0.15, 0.2) is 0 Å². The summed E-state index contributed by atoms with van der Waals surface area (Å²) in [5.41, 5.74) is 7.63. The van der Waals surface area contributed by atoms with Crippen molar-refractivity contribution in [2.24, 2.45) is 5.92 Å². The number of anilines is 1. The van der Waals surface area contributed by atoms with Crippen LogP contribution in [0.1, 0.15) is 31.7 Å². The molecule has 1 aliphatic heterocycles. The summed E-state index contributed by atoms with van der Waals surface area (Å²) in [4.78, 5) is 14.4. The van der Waals surface area contributed by atoms with Gasteiger partial charge in [0.25, 0.3) is 0 Å². The molecule has 1 saturated heterocycles. The normalized spacial score (nSPS) is 16.8. The van der Waals surface area contributed by atoms with Crippen molar-refractivity contribution in [1.82, 2.24) is 10.2 Å². The lowest BCUT2D eigenvalue weighted by molar-refractivity contribution is -0.121. The second-order valence-corrected chi connectivity index (χ2v) is 5.93. The summed E-state index contributed by atoms with van der Waals surface area (Å²) in [5.74, 6) is 0.791. The first-order chi connectivity index (χ1) is 10.2. The molecule has 1 amide bonds. The molecule has 0 aliphatic carbocycles. The molecule has 1 aliphatic rings. The second-order valence-electron chi connectivity index (χ2n) is 5.93. The van der Waals surface area contributed by atoms with Crippen molar-refractivity contribution in [2.45, 2.75) is 32.6 Å². The topological polar surface area (TPSA) is 58.4 Å². The SMILES string of the molecule is CCN1CCC(CNC(=O)CCc2cccc(N)c2)CC1. The van der Waals surface area contributed by atoms with Crippen molar-refractivity contribution in [3.8, 4) is 0 Å². The molecule has 4 heteroatoms. The average Bonchev–Trinajstić information content (AvgIpc) is 2.51.